The van der Waals surface area contributed by atoms with Crippen molar-refractivity contribution in [1.29, 1.82) is 0 Å². The lowest BCUT2D eigenvalue weighted by atomic mass is 10.1. The van der Waals surface area contributed by atoms with Gasteiger partial charge in [0.15, 0.2) is 5.65 Å². The number of aryl methyl sites for hydroxylation is 1. The largest absolute Gasteiger partial charge is 0.378 e. The number of nitrogens with zero attached hydrogens (tertiary/aromatic N) is 2. The van der Waals surface area contributed by atoms with Crippen LogP contribution in [-0.4, -0.2) is 36.0 Å². The van der Waals surface area contributed by atoms with E-state index in [2.05, 4.69) is 26.8 Å². The van der Waals surface area contributed by atoms with Crippen LogP contribution in [0.4, 0.5) is 0 Å². The molecule has 1 aromatic carbocycles. The van der Waals surface area contributed by atoms with E-state index in [0.717, 1.165) is 5.56 Å². The first kappa shape index (κ1) is 16.9. The number of imidazole rings is 1. The van der Waals surface area contributed by atoms with Gasteiger partial charge in [0.2, 0.25) is 5.43 Å². The van der Waals surface area contributed by atoms with Crippen LogP contribution in [0.3, 0.4) is 0 Å². The molecule has 0 saturated heterocycles. The number of nitrogens with one attached hydrogen (secondary N) is 2. The number of benzene rings is 1. The summed E-state index contributed by atoms with van der Waals surface area (Å²) in [6.45, 7) is 5.02. The molecule has 0 aliphatic carbocycles. The van der Waals surface area contributed by atoms with Crippen molar-refractivity contribution in [2.45, 2.75) is 26.4 Å². The summed E-state index contributed by atoms with van der Waals surface area (Å²) < 4.78 is 1.70. The molecule has 3 aromatic heterocycles. The third-order valence-corrected chi connectivity index (χ3v) is 4.27. The van der Waals surface area contributed by atoms with E-state index < -0.39 is 11.5 Å². The Morgan fingerprint density at radius 3 is 2.78 bits per heavy atom. The molecule has 0 unspecified atom stereocenters. The van der Waals surface area contributed by atoms with Gasteiger partial charge in [0, 0.05) is 6.20 Å². The van der Waals surface area contributed by atoms with Gasteiger partial charge in [-0.2, -0.15) is 0 Å². The molecule has 3 heterocycles. The first-order chi connectivity index (χ1) is 12.7. The summed E-state index contributed by atoms with van der Waals surface area (Å²) in [6.07, 6.45) is 1.58. The van der Waals surface area contributed by atoms with Crippen LogP contribution < -0.4 is 11.2 Å². The molecule has 0 spiro atoms. The standard InChI is InChI=1S/C19H17N5O3/c1-9-4-5-11(25)13-15(9)24-17(23-13)12(16(20)26)14-18(24)22-10(8-21-14)6-7-19(2,3)27/h4-5,8,21-22,27H,1-3H3,(H2,20,26). The molecule has 8 nitrogen and oxygen atoms in total. The van der Waals surface area contributed by atoms with Crippen LogP contribution in [0.15, 0.2) is 23.1 Å². The van der Waals surface area contributed by atoms with Crippen molar-refractivity contribution < 1.29 is 9.90 Å². The van der Waals surface area contributed by atoms with E-state index in [1.165, 1.54) is 6.07 Å². The topological polar surface area (TPSA) is 129 Å². The molecule has 4 rings (SSSR count). The summed E-state index contributed by atoms with van der Waals surface area (Å²) in [5.41, 5.74) is 7.87. The van der Waals surface area contributed by atoms with E-state index >= 15 is 0 Å². The minimum Gasteiger partial charge on any atom is -0.378 e. The fourth-order valence-corrected chi connectivity index (χ4v) is 3.13. The molecule has 0 aliphatic heterocycles. The molecule has 1 amide bonds. The zero-order valence-electron chi connectivity index (χ0n) is 15.0. The molecule has 0 saturated carbocycles. The third-order valence-electron chi connectivity index (χ3n) is 4.27. The number of hydrogen-bond donors (Lipinski definition) is 4. The maximum atomic E-state index is 12.2. The Labute approximate surface area is 153 Å². The van der Waals surface area contributed by atoms with E-state index in [0.29, 0.717) is 28.0 Å². The molecule has 0 fully saturated rings. The summed E-state index contributed by atoms with van der Waals surface area (Å²) in [5.74, 6) is 4.91. The van der Waals surface area contributed by atoms with Crippen LogP contribution in [0.1, 0.15) is 35.5 Å². The predicted molar refractivity (Wildman–Crippen MR) is 102 cm³/mol. The van der Waals surface area contributed by atoms with Crippen molar-refractivity contribution in [3.8, 4) is 11.8 Å². The molecule has 5 N–H and O–H groups in total. The second kappa shape index (κ2) is 5.46. The number of fused-ring (bicyclic) bond motifs is 5. The summed E-state index contributed by atoms with van der Waals surface area (Å²) >= 11 is 0. The van der Waals surface area contributed by atoms with Crippen molar-refractivity contribution in [1.82, 2.24) is 19.4 Å². The molecule has 0 radical (unpaired) electrons. The van der Waals surface area contributed by atoms with Crippen molar-refractivity contribution in [2.24, 2.45) is 5.73 Å². The molecule has 4 aromatic rings. The Balaban J connectivity index is 2.19. The number of rotatable bonds is 1. The van der Waals surface area contributed by atoms with Gasteiger partial charge in [-0.1, -0.05) is 12.0 Å². The van der Waals surface area contributed by atoms with E-state index in [1.54, 1.807) is 30.5 Å². The van der Waals surface area contributed by atoms with E-state index in [4.69, 9.17) is 5.73 Å². The fraction of sp³-hybridized carbons (Fsp3) is 0.211. The van der Waals surface area contributed by atoms with Gasteiger partial charge in [0.1, 0.15) is 28.0 Å². The van der Waals surface area contributed by atoms with Gasteiger partial charge in [-0.05, 0) is 38.3 Å². The zero-order valence-corrected chi connectivity index (χ0v) is 15.0. The number of aliphatic hydroxyl groups is 1. The van der Waals surface area contributed by atoms with Gasteiger partial charge in [-0.15, -0.1) is 0 Å². The van der Waals surface area contributed by atoms with Crippen LogP contribution in [0, 0.1) is 18.8 Å². The van der Waals surface area contributed by atoms with E-state index in [1.807, 2.05) is 6.92 Å². The Morgan fingerprint density at radius 1 is 1.37 bits per heavy atom. The zero-order chi connectivity index (χ0) is 19.5. The molecular formula is C19H17N5O3. The number of primary amides is 1. The van der Waals surface area contributed by atoms with Gasteiger partial charge in [0.25, 0.3) is 5.91 Å². The van der Waals surface area contributed by atoms with Crippen LogP contribution in [0.25, 0.3) is 27.8 Å². The van der Waals surface area contributed by atoms with Gasteiger partial charge in [-0.3, -0.25) is 14.0 Å². The number of aromatic amines is 2. The van der Waals surface area contributed by atoms with E-state index in [-0.39, 0.29) is 16.5 Å². The van der Waals surface area contributed by atoms with Crippen molar-refractivity contribution in [3.05, 3.63) is 45.4 Å². The second-order valence-electron chi connectivity index (χ2n) is 6.95. The second-order valence-corrected chi connectivity index (χ2v) is 6.95. The molecule has 8 heteroatoms. The summed E-state index contributed by atoms with van der Waals surface area (Å²) in [5, 5.41) is 9.81. The molecular weight excluding hydrogens is 346 g/mol. The minimum absolute atomic E-state index is 0.193. The number of aromatic nitrogens is 4. The van der Waals surface area contributed by atoms with Gasteiger partial charge in [0.05, 0.1) is 11.0 Å². The molecule has 0 atom stereocenters. The van der Waals surface area contributed by atoms with Crippen molar-refractivity contribution in [2.75, 3.05) is 0 Å². The number of carbonyl (C=O) groups excluding carboxylic acids is 1. The summed E-state index contributed by atoms with van der Waals surface area (Å²) in [6, 6.07) is 3.16. The average Bonchev–Trinajstić information content (AvgIpc) is 3.10. The number of carbonyl (C=O) groups is 1. The van der Waals surface area contributed by atoms with Crippen molar-refractivity contribution in [3.63, 3.8) is 0 Å². The summed E-state index contributed by atoms with van der Waals surface area (Å²) in [4.78, 5) is 34.9. The lowest BCUT2D eigenvalue weighted by Gasteiger charge is -2.06. The lowest BCUT2D eigenvalue weighted by molar-refractivity contribution is 0.100. The highest BCUT2D eigenvalue weighted by Gasteiger charge is 2.23. The number of H-pyrrole nitrogens is 2. The van der Waals surface area contributed by atoms with Gasteiger partial charge in [-0.25, -0.2) is 4.98 Å². The quantitative estimate of drug-likeness (QED) is 0.379. The van der Waals surface area contributed by atoms with Crippen LogP contribution in [0.2, 0.25) is 0 Å². The highest BCUT2D eigenvalue weighted by molar-refractivity contribution is 6.12. The highest BCUT2D eigenvalue weighted by Crippen LogP contribution is 2.28. The molecule has 27 heavy (non-hydrogen) atoms. The van der Waals surface area contributed by atoms with Crippen LogP contribution in [0.5, 0.6) is 0 Å². The minimum atomic E-state index is -1.15. The third kappa shape index (κ3) is 2.56. The SMILES string of the molecule is Cc1ccc(=O)c2nc3c(C(N)=O)c4[nH]cc(C#CC(C)(C)O)[nH]c4n3c12. The van der Waals surface area contributed by atoms with Crippen LogP contribution in [-0.2, 0) is 0 Å². The predicted octanol–water partition coefficient (Wildman–Crippen LogP) is 1.19. The number of hydrogen-bond acceptors (Lipinski definition) is 4. The Kier molecular flexibility index (Phi) is 3.41. The first-order valence-corrected chi connectivity index (χ1v) is 8.28. The van der Waals surface area contributed by atoms with Gasteiger partial charge < -0.3 is 20.8 Å². The Morgan fingerprint density at radius 2 is 2.11 bits per heavy atom. The monoisotopic (exact) mass is 363 g/mol. The summed E-state index contributed by atoms with van der Waals surface area (Å²) in [7, 11) is 0. The smallest absolute Gasteiger partial charge is 0.254 e. The van der Waals surface area contributed by atoms with Crippen LogP contribution >= 0.6 is 0 Å². The Hall–Kier alpha value is -3.57. The maximum absolute atomic E-state index is 12.2. The normalized spacial score (nSPS) is 11.9. The lowest BCUT2D eigenvalue weighted by Crippen LogP contribution is -2.14. The van der Waals surface area contributed by atoms with Gasteiger partial charge >= 0.3 is 0 Å². The van der Waals surface area contributed by atoms with Crippen molar-refractivity contribution >= 4 is 33.8 Å². The molecule has 136 valence electrons. The average molecular weight is 363 g/mol. The Bertz CT molecular complexity index is 1370. The highest BCUT2D eigenvalue weighted by atomic mass is 16.3. The number of nitrogens with two attached hydrogens (primary N) is 1. The fourth-order valence-electron chi connectivity index (χ4n) is 3.13. The first-order valence-electron chi connectivity index (χ1n) is 8.28. The molecule has 0 aliphatic rings. The van der Waals surface area contributed by atoms with E-state index in [9.17, 15) is 14.7 Å². The maximum Gasteiger partial charge on any atom is 0.254 e. The number of amides is 1. The molecule has 0 bridgehead atoms.